The first-order valence-electron chi connectivity index (χ1n) is 5.99. The molecule has 1 rings (SSSR count). The molecule has 2 N–H and O–H groups in total. The molecule has 0 radical (unpaired) electrons. The van der Waals surface area contributed by atoms with Gasteiger partial charge < -0.3 is 15.3 Å². The Hall–Kier alpha value is -1.31. The molecule has 19 heavy (non-hydrogen) atoms. The molecule has 1 fully saturated rings. The van der Waals surface area contributed by atoms with E-state index in [1.165, 1.54) is 4.90 Å². The maximum atomic E-state index is 11.9. The molecule has 1 unspecified atom stereocenters. The molecule has 1 amide bonds. The minimum Gasteiger partial charge on any atom is -0.481 e. The predicted molar refractivity (Wildman–Crippen MR) is 60.5 cm³/mol. The van der Waals surface area contributed by atoms with Gasteiger partial charge in [0.1, 0.15) is 0 Å². The van der Waals surface area contributed by atoms with Crippen molar-refractivity contribution in [3.8, 4) is 0 Å². The second-order valence-corrected chi connectivity index (χ2v) is 4.72. The van der Waals surface area contributed by atoms with Crippen LogP contribution < -0.4 is 5.32 Å². The van der Waals surface area contributed by atoms with Crippen LogP contribution in [-0.4, -0.2) is 54.2 Å². The van der Waals surface area contributed by atoms with Crippen molar-refractivity contribution in [2.24, 2.45) is 5.41 Å². The molecule has 0 aromatic rings. The molecule has 0 spiro atoms. The maximum Gasteiger partial charge on any atom is 0.401 e. The fraction of sp³-hybridized carbons (Fsp3) is 0.818. The Kier molecular flexibility index (Phi) is 4.78. The third-order valence-corrected chi connectivity index (χ3v) is 3.44. The van der Waals surface area contributed by atoms with Crippen molar-refractivity contribution in [2.75, 3.05) is 26.2 Å². The summed E-state index contributed by atoms with van der Waals surface area (Å²) >= 11 is 0. The van der Waals surface area contributed by atoms with Gasteiger partial charge in [0.15, 0.2) is 0 Å². The fourth-order valence-electron chi connectivity index (χ4n) is 2.12. The van der Waals surface area contributed by atoms with E-state index in [2.05, 4.69) is 0 Å². The summed E-state index contributed by atoms with van der Waals surface area (Å²) in [7, 11) is 0. The summed E-state index contributed by atoms with van der Waals surface area (Å²) in [5, 5.41) is 11.2. The highest BCUT2D eigenvalue weighted by Crippen LogP contribution is 2.34. The van der Waals surface area contributed by atoms with Crippen LogP contribution in [0.3, 0.4) is 0 Å². The number of hydrogen-bond acceptors (Lipinski definition) is 3. The highest BCUT2D eigenvalue weighted by molar-refractivity contribution is 5.81. The zero-order valence-electron chi connectivity index (χ0n) is 10.6. The van der Waals surface area contributed by atoms with E-state index in [0.717, 1.165) is 0 Å². The van der Waals surface area contributed by atoms with E-state index in [4.69, 9.17) is 5.11 Å². The number of carboxylic acid groups (broad SMARTS) is 1. The van der Waals surface area contributed by atoms with E-state index in [1.54, 1.807) is 6.92 Å². The number of likely N-dealkylation sites (tertiary alicyclic amines) is 1. The van der Waals surface area contributed by atoms with Crippen LogP contribution >= 0.6 is 0 Å². The summed E-state index contributed by atoms with van der Waals surface area (Å²) in [6, 6.07) is 0. The van der Waals surface area contributed by atoms with E-state index < -0.39 is 36.6 Å². The standard InChI is InChI=1S/C11H17F3N2O3/c1-2-10(9(18)19)3-4-16(7-10)8(17)5-15-6-11(12,13)14/h15H,2-7H2,1H3,(H,18,19). The Bertz CT molecular complexity index is 360. The molecule has 1 heterocycles. The molecule has 0 aliphatic carbocycles. The van der Waals surface area contributed by atoms with Gasteiger partial charge in [0.25, 0.3) is 0 Å². The molecule has 1 aliphatic heterocycles. The molecule has 1 aliphatic rings. The largest absolute Gasteiger partial charge is 0.481 e. The lowest BCUT2D eigenvalue weighted by atomic mass is 9.84. The number of aliphatic carboxylic acids is 1. The first kappa shape index (κ1) is 15.7. The van der Waals surface area contributed by atoms with Gasteiger partial charge in [0, 0.05) is 13.1 Å². The van der Waals surface area contributed by atoms with E-state index in [-0.39, 0.29) is 13.1 Å². The number of nitrogens with zero attached hydrogens (tertiary/aromatic N) is 1. The van der Waals surface area contributed by atoms with Crippen molar-refractivity contribution in [2.45, 2.75) is 25.9 Å². The predicted octanol–water partition coefficient (Wildman–Crippen LogP) is 0.852. The van der Waals surface area contributed by atoms with Gasteiger partial charge in [-0.2, -0.15) is 13.2 Å². The monoisotopic (exact) mass is 282 g/mol. The Morgan fingerprint density at radius 2 is 2.05 bits per heavy atom. The Balaban J connectivity index is 2.46. The number of rotatable bonds is 5. The highest BCUT2D eigenvalue weighted by Gasteiger charge is 2.44. The van der Waals surface area contributed by atoms with Crippen LogP contribution in [0.4, 0.5) is 13.2 Å². The minimum atomic E-state index is -4.36. The van der Waals surface area contributed by atoms with Gasteiger partial charge in [-0.25, -0.2) is 0 Å². The molecule has 0 bridgehead atoms. The van der Waals surface area contributed by atoms with Crippen LogP contribution in [0, 0.1) is 5.41 Å². The lowest BCUT2D eigenvalue weighted by Crippen LogP contribution is -2.42. The summed E-state index contributed by atoms with van der Waals surface area (Å²) in [5.41, 5.74) is -0.959. The molecule has 1 saturated heterocycles. The smallest absolute Gasteiger partial charge is 0.401 e. The van der Waals surface area contributed by atoms with Gasteiger partial charge >= 0.3 is 12.1 Å². The lowest BCUT2D eigenvalue weighted by molar-refractivity contribution is -0.148. The highest BCUT2D eigenvalue weighted by atomic mass is 19.4. The van der Waals surface area contributed by atoms with E-state index in [1.807, 2.05) is 5.32 Å². The van der Waals surface area contributed by atoms with Crippen molar-refractivity contribution in [3.63, 3.8) is 0 Å². The van der Waals surface area contributed by atoms with Gasteiger partial charge in [-0.3, -0.25) is 9.59 Å². The van der Waals surface area contributed by atoms with Crippen molar-refractivity contribution < 1.29 is 27.9 Å². The number of nitrogens with one attached hydrogen (secondary N) is 1. The number of amides is 1. The van der Waals surface area contributed by atoms with Crippen molar-refractivity contribution in [1.29, 1.82) is 0 Å². The zero-order chi connectivity index (χ0) is 14.7. The van der Waals surface area contributed by atoms with Crippen molar-refractivity contribution in [3.05, 3.63) is 0 Å². The second-order valence-electron chi connectivity index (χ2n) is 4.72. The number of carbonyl (C=O) groups is 2. The zero-order valence-corrected chi connectivity index (χ0v) is 10.6. The molecule has 0 saturated carbocycles. The number of alkyl halides is 3. The summed E-state index contributed by atoms with van der Waals surface area (Å²) < 4.78 is 35.7. The van der Waals surface area contributed by atoms with Gasteiger partial charge in [0.2, 0.25) is 5.91 Å². The minimum absolute atomic E-state index is 0.0609. The molecule has 110 valence electrons. The third-order valence-electron chi connectivity index (χ3n) is 3.44. The van der Waals surface area contributed by atoms with Gasteiger partial charge in [-0.05, 0) is 12.8 Å². The SMILES string of the molecule is CCC1(C(=O)O)CCN(C(=O)CNCC(F)(F)F)C1. The number of hydrogen-bond donors (Lipinski definition) is 2. The van der Waals surface area contributed by atoms with Crippen LogP contribution in [0.5, 0.6) is 0 Å². The quantitative estimate of drug-likeness (QED) is 0.784. The Labute approximate surface area is 108 Å². The van der Waals surface area contributed by atoms with E-state index in [9.17, 15) is 22.8 Å². The molecule has 0 aromatic heterocycles. The first-order valence-corrected chi connectivity index (χ1v) is 5.99. The topological polar surface area (TPSA) is 69.6 Å². The van der Waals surface area contributed by atoms with Crippen LogP contribution in [0.2, 0.25) is 0 Å². The van der Waals surface area contributed by atoms with E-state index in [0.29, 0.717) is 12.8 Å². The first-order chi connectivity index (χ1) is 8.70. The Morgan fingerprint density at radius 3 is 2.47 bits per heavy atom. The maximum absolute atomic E-state index is 11.9. The molecule has 5 nitrogen and oxygen atoms in total. The second kappa shape index (κ2) is 5.77. The average Bonchev–Trinajstić information content (AvgIpc) is 2.72. The number of carboxylic acids is 1. The lowest BCUT2D eigenvalue weighted by Gasteiger charge is -2.23. The van der Waals surface area contributed by atoms with Crippen molar-refractivity contribution in [1.82, 2.24) is 10.2 Å². The van der Waals surface area contributed by atoms with Crippen LogP contribution in [0.1, 0.15) is 19.8 Å². The number of halogens is 3. The summed E-state index contributed by atoms with van der Waals surface area (Å²) in [6.07, 6.45) is -3.63. The van der Waals surface area contributed by atoms with Crippen LogP contribution in [0.25, 0.3) is 0 Å². The molecular formula is C11H17F3N2O3. The summed E-state index contributed by atoms with van der Waals surface area (Å²) in [5.74, 6) is -1.46. The van der Waals surface area contributed by atoms with Crippen molar-refractivity contribution >= 4 is 11.9 Å². The Morgan fingerprint density at radius 1 is 1.42 bits per heavy atom. The molecule has 0 aromatic carbocycles. The number of carbonyl (C=O) groups excluding carboxylic acids is 1. The fourth-order valence-corrected chi connectivity index (χ4v) is 2.12. The van der Waals surface area contributed by atoms with Gasteiger partial charge in [-0.15, -0.1) is 0 Å². The van der Waals surface area contributed by atoms with Crippen LogP contribution in [0.15, 0.2) is 0 Å². The summed E-state index contributed by atoms with van der Waals surface area (Å²) in [4.78, 5) is 24.1. The van der Waals surface area contributed by atoms with Gasteiger partial charge in [-0.1, -0.05) is 6.92 Å². The van der Waals surface area contributed by atoms with Crippen LogP contribution in [-0.2, 0) is 9.59 Å². The van der Waals surface area contributed by atoms with Gasteiger partial charge in [0.05, 0.1) is 18.5 Å². The molecule has 8 heteroatoms. The molecular weight excluding hydrogens is 265 g/mol. The average molecular weight is 282 g/mol. The summed E-state index contributed by atoms with van der Waals surface area (Å²) in [6.45, 7) is 0.394. The third kappa shape index (κ3) is 4.09. The normalized spacial score (nSPS) is 23.7. The molecule has 1 atom stereocenters. The van der Waals surface area contributed by atoms with E-state index >= 15 is 0 Å².